The van der Waals surface area contributed by atoms with E-state index in [1.165, 1.54) is 0 Å². The number of amides is 1. The summed E-state index contributed by atoms with van der Waals surface area (Å²) in [4.78, 5) is 18.5. The van der Waals surface area contributed by atoms with Crippen molar-refractivity contribution in [1.29, 1.82) is 0 Å². The van der Waals surface area contributed by atoms with Crippen molar-refractivity contribution in [3.63, 3.8) is 0 Å². The molecule has 0 bridgehead atoms. The molecule has 5 heteroatoms. The normalized spacial score (nSPS) is 23.3. The third-order valence-corrected chi connectivity index (χ3v) is 3.86. The summed E-state index contributed by atoms with van der Waals surface area (Å²) >= 11 is 0. The van der Waals surface area contributed by atoms with E-state index in [0.717, 1.165) is 24.9 Å². The molecule has 0 aliphatic carbocycles. The third kappa shape index (κ3) is 5.07. The summed E-state index contributed by atoms with van der Waals surface area (Å²) in [6.45, 7) is 7.47. The lowest BCUT2D eigenvalue weighted by molar-refractivity contribution is -0.131. The van der Waals surface area contributed by atoms with Crippen LogP contribution in [0.5, 0.6) is 0 Å². The number of hydrogen-bond donors (Lipinski definition) is 1. The van der Waals surface area contributed by atoms with E-state index < -0.39 is 0 Å². The molecule has 2 heterocycles. The van der Waals surface area contributed by atoms with E-state index in [0.29, 0.717) is 6.61 Å². The quantitative estimate of drug-likeness (QED) is 0.924. The van der Waals surface area contributed by atoms with Crippen LogP contribution in [0.15, 0.2) is 24.5 Å². The molecule has 1 amide bonds. The molecule has 1 N–H and O–H groups in total. The topological polar surface area (TPSA) is 54.5 Å². The van der Waals surface area contributed by atoms with Crippen molar-refractivity contribution in [2.45, 2.75) is 57.9 Å². The predicted octanol–water partition coefficient (Wildman–Crippen LogP) is 1.98. The molecule has 1 saturated heterocycles. The maximum atomic E-state index is 12.4. The van der Waals surface area contributed by atoms with Crippen LogP contribution >= 0.6 is 0 Å². The van der Waals surface area contributed by atoms with E-state index in [-0.39, 0.29) is 23.6 Å². The number of rotatable bonds is 4. The lowest BCUT2D eigenvalue weighted by Crippen LogP contribution is -2.54. The van der Waals surface area contributed by atoms with Gasteiger partial charge in [-0.1, -0.05) is 0 Å². The number of nitrogens with zero attached hydrogens (tertiary/aromatic N) is 2. The molecule has 0 saturated carbocycles. The molecule has 5 nitrogen and oxygen atoms in total. The van der Waals surface area contributed by atoms with Gasteiger partial charge in [0, 0.05) is 24.5 Å². The van der Waals surface area contributed by atoms with Gasteiger partial charge in [0.15, 0.2) is 0 Å². The fourth-order valence-corrected chi connectivity index (χ4v) is 2.65. The smallest absolute Gasteiger partial charge is 0.237 e. The summed E-state index contributed by atoms with van der Waals surface area (Å²) in [5.41, 5.74) is 0.910. The molecule has 2 rings (SSSR count). The first-order chi connectivity index (χ1) is 10.3. The summed E-state index contributed by atoms with van der Waals surface area (Å²) in [5.74, 6) is 0.0900. The van der Waals surface area contributed by atoms with Gasteiger partial charge in [0.25, 0.3) is 0 Å². The van der Waals surface area contributed by atoms with Crippen LogP contribution in [0.25, 0.3) is 0 Å². The average molecular weight is 305 g/mol. The van der Waals surface area contributed by atoms with Gasteiger partial charge in [-0.3, -0.25) is 14.7 Å². The zero-order chi connectivity index (χ0) is 16.2. The van der Waals surface area contributed by atoms with Gasteiger partial charge in [0.2, 0.25) is 5.91 Å². The van der Waals surface area contributed by atoms with E-state index in [4.69, 9.17) is 4.74 Å². The van der Waals surface area contributed by atoms with Gasteiger partial charge in [0.1, 0.15) is 0 Å². The Morgan fingerprint density at radius 1 is 1.41 bits per heavy atom. The molecule has 0 spiro atoms. The molecular weight excluding hydrogens is 278 g/mol. The summed E-state index contributed by atoms with van der Waals surface area (Å²) in [6.07, 6.45) is 5.37. The van der Waals surface area contributed by atoms with Gasteiger partial charge in [-0.25, -0.2) is 0 Å². The van der Waals surface area contributed by atoms with Crippen molar-refractivity contribution < 1.29 is 9.53 Å². The number of piperidine rings is 1. The Labute approximate surface area is 133 Å². The number of likely N-dealkylation sites (tertiary alicyclic amines) is 1. The van der Waals surface area contributed by atoms with Crippen LogP contribution in [-0.4, -0.2) is 47.1 Å². The van der Waals surface area contributed by atoms with E-state index >= 15 is 0 Å². The predicted molar refractivity (Wildman–Crippen MR) is 86.4 cm³/mol. The minimum Gasteiger partial charge on any atom is -0.373 e. The maximum absolute atomic E-state index is 12.4. The van der Waals surface area contributed by atoms with Crippen LogP contribution in [0.2, 0.25) is 0 Å². The van der Waals surface area contributed by atoms with Crippen LogP contribution in [0, 0.1) is 0 Å². The lowest BCUT2D eigenvalue weighted by atomic mass is 9.98. The summed E-state index contributed by atoms with van der Waals surface area (Å²) in [5, 5.41) is 3.07. The van der Waals surface area contributed by atoms with Crippen molar-refractivity contribution in [2.24, 2.45) is 0 Å². The zero-order valence-electron chi connectivity index (χ0n) is 14.0. The minimum atomic E-state index is -0.206. The zero-order valence-corrected chi connectivity index (χ0v) is 14.0. The molecule has 1 aliphatic rings. The van der Waals surface area contributed by atoms with Gasteiger partial charge < -0.3 is 10.1 Å². The van der Waals surface area contributed by atoms with Gasteiger partial charge in [-0.05, 0) is 58.4 Å². The van der Waals surface area contributed by atoms with Gasteiger partial charge >= 0.3 is 0 Å². The lowest BCUT2D eigenvalue weighted by Gasteiger charge is -2.37. The van der Waals surface area contributed by atoms with E-state index in [9.17, 15) is 4.79 Å². The monoisotopic (exact) mass is 305 g/mol. The third-order valence-electron chi connectivity index (χ3n) is 3.86. The number of carbonyl (C=O) groups excluding carboxylic acids is 1. The van der Waals surface area contributed by atoms with Crippen LogP contribution < -0.4 is 5.32 Å². The minimum absolute atomic E-state index is 0.0900. The van der Waals surface area contributed by atoms with Gasteiger partial charge in [-0.2, -0.15) is 0 Å². The second-order valence-corrected chi connectivity index (χ2v) is 7.05. The Morgan fingerprint density at radius 2 is 2.09 bits per heavy atom. The van der Waals surface area contributed by atoms with Crippen molar-refractivity contribution >= 4 is 5.91 Å². The number of aromatic nitrogens is 1. The number of likely N-dealkylation sites (N-methyl/N-ethyl adjacent to an activating group) is 1. The molecule has 1 aromatic rings. The highest BCUT2D eigenvalue weighted by Gasteiger charge is 2.33. The highest BCUT2D eigenvalue weighted by Crippen LogP contribution is 2.20. The summed E-state index contributed by atoms with van der Waals surface area (Å²) in [7, 11) is 2.01. The summed E-state index contributed by atoms with van der Waals surface area (Å²) in [6, 6.07) is 3.80. The molecule has 0 radical (unpaired) electrons. The van der Waals surface area contributed by atoms with Gasteiger partial charge in [-0.15, -0.1) is 0 Å². The second kappa shape index (κ2) is 7.20. The molecule has 122 valence electrons. The Hall–Kier alpha value is -1.46. The first kappa shape index (κ1) is 16.9. The van der Waals surface area contributed by atoms with E-state index in [1.807, 2.05) is 40.0 Å². The van der Waals surface area contributed by atoms with Crippen LogP contribution in [0.4, 0.5) is 0 Å². The van der Waals surface area contributed by atoms with E-state index in [2.05, 4.69) is 15.2 Å². The largest absolute Gasteiger partial charge is 0.373 e. The van der Waals surface area contributed by atoms with Crippen molar-refractivity contribution in [3.05, 3.63) is 30.1 Å². The average Bonchev–Trinajstić information content (AvgIpc) is 2.45. The number of ether oxygens (including phenoxy) is 1. The highest BCUT2D eigenvalue weighted by atomic mass is 16.5. The molecule has 1 aliphatic heterocycles. The van der Waals surface area contributed by atoms with Crippen LogP contribution in [-0.2, 0) is 16.1 Å². The Kier molecular flexibility index (Phi) is 5.53. The molecule has 0 aromatic carbocycles. The Morgan fingerprint density at radius 3 is 2.73 bits per heavy atom. The maximum Gasteiger partial charge on any atom is 0.237 e. The molecule has 1 fully saturated rings. The van der Waals surface area contributed by atoms with Crippen molar-refractivity contribution in [3.8, 4) is 0 Å². The summed E-state index contributed by atoms with van der Waals surface area (Å²) < 4.78 is 5.99. The number of hydrogen-bond acceptors (Lipinski definition) is 4. The molecule has 2 atom stereocenters. The fraction of sp³-hybridized carbons (Fsp3) is 0.647. The van der Waals surface area contributed by atoms with Crippen LogP contribution in [0.1, 0.15) is 39.2 Å². The van der Waals surface area contributed by atoms with Crippen molar-refractivity contribution in [2.75, 3.05) is 13.6 Å². The standard InChI is InChI=1S/C17H27N3O2/c1-17(2,3)19-16(21)15-11-14(7-10-20(15)4)22-12-13-5-8-18-9-6-13/h5-6,8-9,14-15H,7,10-12H2,1-4H3,(H,19,21). The van der Waals surface area contributed by atoms with E-state index in [1.54, 1.807) is 12.4 Å². The van der Waals surface area contributed by atoms with Crippen molar-refractivity contribution in [1.82, 2.24) is 15.2 Å². The Bertz CT molecular complexity index is 484. The Balaban J connectivity index is 1.89. The number of carbonyl (C=O) groups is 1. The molecule has 2 unspecified atom stereocenters. The molecule has 22 heavy (non-hydrogen) atoms. The second-order valence-electron chi connectivity index (χ2n) is 7.05. The highest BCUT2D eigenvalue weighted by molar-refractivity contribution is 5.82. The SMILES string of the molecule is CN1CCC(OCc2ccncc2)CC1C(=O)NC(C)(C)C. The first-order valence-electron chi connectivity index (χ1n) is 7.88. The molecule has 1 aromatic heterocycles. The molecular formula is C17H27N3O2. The number of nitrogens with one attached hydrogen (secondary N) is 1. The van der Waals surface area contributed by atoms with Crippen LogP contribution in [0.3, 0.4) is 0 Å². The number of pyridine rings is 1. The van der Waals surface area contributed by atoms with Gasteiger partial charge in [0.05, 0.1) is 18.8 Å². The first-order valence-corrected chi connectivity index (χ1v) is 7.88. The fourth-order valence-electron chi connectivity index (χ4n) is 2.65.